The highest BCUT2D eigenvalue weighted by Gasteiger charge is 2.42. The molecule has 0 spiro atoms. The van der Waals surface area contributed by atoms with Gasteiger partial charge in [-0.3, -0.25) is 14.6 Å². The second kappa shape index (κ2) is 11.9. The summed E-state index contributed by atoms with van der Waals surface area (Å²) in [5.41, 5.74) is -0.390. The molecule has 2 amide bonds. The summed E-state index contributed by atoms with van der Waals surface area (Å²) in [6, 6.07) is 3.30. The Bertz CT molecular complexity index is 640. The molecule has 1 saturated carbocycles. The normalized spacial score (nSPS) is 15.5. The maximum atomic E-state index is 12.6. The van der Waals surface area contributed by atoms with Crippen molar-refractivity contribution in [2.75, 3.05) is 40.3 Å². The quantitative estimate of drug-likeness (QED) is 0.217. The molecular formula is C19H32IN5O3. The predicted octanol–water partition coefficient (Wildman–Crippen LogP) is 1.83. The van der Waals surface area contributed by atoms with Crippen LogP contribution in [0.2, 0.25) is 0 Å². The number of hydrogen-bond acceptors (Lipinski definition) is 4. The van der Waals surface area contributed by atoms with E-state index in [4.69, 9.17) is 4.42 Å². The molecule has 1 heterocycles. The van der Waals surface area contributed by atoms with Gasteiger partial charge in [0.1, 0.15) is 0 Å². The van der Waals surface area contributed by atoms with Crippen LogP contribution in [0.5, 0.6) is 0 Å². The lowest BCUT2D eigenvalue weighted by Gasteiger charge is -2.29. The van der Waals surface area contributed by atoms with Gasteiger partial charge in [-0.2, -0.15) is 0 Å². The number of rotatable bonds is 8. The van der Waals surface area contributed by atoms with Gasteiger partial charge in [0.05, 0.1) is 18.2 Å². The van der Waals surface area contributed by atoms with Gasteiger partial charge in [0, 0.05) is 33.7 Å². The molecule has 28 heavy (non-hydrogen) atoms. The first-order chi connectivity index (χ1) is 13.0. The molecule has 1 aliphatic rings. The van der Waals surface area contributed by atoms with Crippen LogP contribution >= 0.6 is 24.0 Å². The molecule has 0 aliphatic heterocycles. The number of carbonyl (C=O) groups excluding carboxylic acids is 2. The van der Waals surface area contributed by atoms with Gasteiger partial charge in [0.15, 0.2) is 11.7 Å². The Morgan fingerprint density at radius 3 is 2.43 bits per heavy atom. The summed E-state index contributed by atoms with van der Waals surface area (Å²) in [6.45, 7) is 4.14. The van der Waals surface area contributed by atoms with E-state index in [0.29, 0.717) is 31.4 Å². The number of aliphatic imine (C=N–C) groups is 1. The van der Waals surface area contributed by atoms with Gasteiger partial charge in [-0.05, 0) is 31.9 Å². The van der Waals surface area contributed by atoms with Crippen molar-refractivity contribution in [3.05, 3.63) is 24.2 Å². The topological polar surface area (TPSA) is 99.0 Å². The lowest BCUT2D eigenvalue weighted by Crippen LogP contribution is -2.44. The second-order valence-electron chi connectivity index (χ2n) is 7.04. The molecule has 0 aromatic carbocycles. The molecule has 0 bridgehead atoms. The molecule has 3 N–H and O–H groups in total. The number of carbonyl (C=O) groups is 2. The molecule has 0 atom stereocenters. The first-order valence-electron chi connectivity index (χ1n) is 9.54. The van der Waals surface area contributed by atoms with Crippen molar-refractivity contribution < 1.29 is 14.0 Å². The Morgan fingerprint density at radius 2 is 1.86 bits per heavy atom. The van der Waals surface area contributed by atoms with Crippen LogP contribution in [0.3, 0.4) is 0 Å². The van der Waals surface area contributed by atoms with E-state index in [9.17, 15) is 9.59 Å². The maximum absolute atomic E-state index is 12.6. The number of guanidine groups is 1. The zero-order chi connectivity index (χ0) is 19.7. The van der Waals surface area contributed by atoms with Crippen LogP contribution in [-0.2, 0) is 4.79 Å². The minimum absolute atomic E-state index is 0. The Morgan fingerprint density at radius 1 is 1.18 bits per heavy atom. The molecule has 2 rings (SSSR count). The van der Waals surface area contributed by atoms with Crippen molar-refractivity contribution in [1.29, 1.82) is 0 Å². The fraction of sp³-hybridized carbons (Fsp3) is 0.632. The van der Waals surface area contributed by atoms with E-state index in [1.165, 1.54) is 6.26 Å². The van der Waals surface area contributed by atoms with Crippen molar-refractivity contribution in [3.63, 3.8) is 0 Å². The van der Waals surface area contributed by atoms with Crippen LogP contribution in [0.4, 0.5) is 0 Å². The zero-order valence-corrected chi connectivity index (χ0v) is 19.2. The summed E-state index contributed by atoms with van der Waals surface area (Å²) in [5, 5.41) is 9.17. The van der Waals surface area contributed by atoms with Crippen molar-refractivity contribution in [2.24, 2.45) is 10.4 Å². The maximum Gasteiger partial charge on any atom is 0.287 e. The minimum atomic E-state index is -0.390. The van der Waals surface area contributed by atoms with E-state index in [1.54, 1.807) is 31.1 Å². The van der Waals surface area contributed by atoms with Crippen LogP contribution in [-0.4, -0.2) is 62.9 Å². The summed E-state index contributed by atoms with van der Waals surface area (Å²) in [7, 11) is 3.61. The summed E-state index contributed by atoms with van der Waals surface area (Å²) >= 11 is 0. The number of halogens is 1. The fourth-order valence-corrected chi connectivity index (χ4v) is 3.39. The molecule has 0 radical (unpaired) electrons. The zero-order valence-electron chi connectivity index (χ0n) is 16.9. The number of amides is 2. The average Bonchev–Trinajstić information content (AvgIpc) is 3.34. The van der Waals surface area contributed by atoms with Crippen molar-refractivity contribution in [3.8, 4) is 0 Å². The lowest BCUT2D eigenvalue weighted by atomic mass is 9.85. The van der Waals surface area contributed by atoms with Gasteiger partial charge in [-0.1, -0.05) is 12.8 Å². The van der Waals surface area contributed by atoms with Crippen LogP contribution in [0.25, 0.3) is 0 Å². The third-order valence-electron chi connectivity index (χ3n) is 4.75. The number of nitrogens with one attached hydrogen (secondary N) is 3. The first-order valence-corrected chi connectivity index (χ1v) is 9.54. The van der Waals surface area contributed by atoms with E-state index < -0.39 is 0 Å². The Balaban J connectivity index is 0.00000392. The Hall–Kier alpha value is -1.78. The van der Waals surface area contributed by atoms with Gasteiger partial charge in [-0.15, -0.1) is 24.0 Å². The number of hydrogen-bond donors (Lipinski definition) is 3. The molecule has 0 unspecified atom stereocenters. The monoisotopic (exact) mass is 505 g/mol. The van der Waals surface area contributed by atoms with E-state index in [2.05, 4.69) is 20.9 Å². The van der Waals surface area contributed by atoms with E-state index >= 15 is 0 Å². The molecule has 1 aromatic heterocycles. The smallest absolute Gasteiger partial charge is 0.287 e. The van der Waals surface area contributed by atoms with Crippen LogP contribution < -0.4 is 16.0 Å². The predicted molar refractivity (Wildman–Crippen MR) is 120 cm³/mol. The molecule has 1 aromatic rings. The molecule has 9 heteroatoms. The summed E-state index contributed by atoms with van der Waals surface area (Å²) in [6.07, 6.45) is 5.37. The number of furan rings is 1. The molecule has 158 valence electrons. The van der Waals surface area contributed by atoms with E-state index in [1.807, 2.05) is 6.92 Å². The molecule has 0 saturated heterocycles. The van der Waals surface area contributed by atoms with Gasteiger partial charge < -0.3 is 25.3 Å². The van der Waals surface area contributed by atoms with Crippen molar-refractivity contribution in [1.82, 2.24) is 20.9 Å². The Kier molecular flexibility index (Phi) is 10.3. The van der Waals surface area contributed by atoms with Crippen LogP contribution in [0, 0.1) is 5.41 Å². The van der Waals surface area contributed by atoms with Crippen LogP contribution in [0.1, 0.15) is 43.2 Å². The van der Waals surface area contributed by atoms with E-state index in [0.717, 1.165) is 32.2 Å². The molecule has 8 nitrogen and oxygen atoms in total. The highest BCUT2D eigenvalue weighted by atomic mass is 127. The van der Waals surface area contributed by atoms with Gasteiger partial charge in [0.2, 0.25) is 5.91 Å². The first kappa shape index (κ1) is 24.3. The SMILES string of the molecule is CCNC(=NCC1(C(=O)N(C)C)CCCC1)NCCNC(=O)c1ccco1.I. The highest BCUT2D eigenvalue weighted by molar-refractivity contribution is 14.0. The van der Waals surface area contributed by atoms with Gasteiger partial charge in [-0.25, -0.2) is 0 Å². The average molecular weight is 505 g/mol. The molecule has 1 fully saturated rings. The summed E-state index contributed by atoms with van der Waals surface area (Å²) in [4.78, 5) is 30.8. The third kappa shape index (κ3) is 6.68. The lowest BCUT2D eigenvalue weighted by molar-refractivity contribution is -0.138. The number of nitrogens with zero attached hydrogens (tertiary/aromatic N) is 2. The van der Waals surface area contributed by atoms with E-state index in [-0.39, 0.29) is 41.2 Å². The molecular weight excluding hydrogens is 473 g/mol. The van der Waals surface area contributed by atoms with Crippen molar-refractivity contribution in [2.45, 2.75) is 32.6 Å². The van der Waals surface area contributed by atoms with Crippen LogP contribution in [0.15, 0.2) is 27.8 Å². The third-order valence-corrected chi connectivity index (χ3v) is 4.75. The second-order valence-corrected chi connectivity index (χ2v) is 7.04. The van der Waals surface area contributed by atoms with Crippen molar-refractivity contribution >= 4 is 41.8 Å². The summed E-state index contributed by atoms with van der Waals surface area (Å²) in [5.74, 6) is 0.860. The largest absolute Gasteiger partial charge is 0.459 e. The van der Waals surface area contributed by atoms with Gasteiger partial charge in [0.25, 0.3) is 5.91 Å². The van der Waals surface area contributed by atoms with Gasteiger partial charge >= 0.3 is 0 Å². The minimum Gasteiger partial charge on any atom is -0.459 e. The highest BCUT2D eigenvalue weighted by Crippen LogP contribution is 2.39. The molecule has 1 aliphatic carbocycles. The fourth-order valence-electron chi connectivity index (χ4n) is 3.39. The Labute approximate surface area is 183 Å². The summed E-state index contributed by atoms with van der Waals surface area (Å²) < 4.78 is 5.06. The standard InChI is InChI=1S/C19H31N5O3.HI/c1-4-20-18(22-12-11-21-16(25)15-8-7-13-27-15)23-14-19(9-5-6-10-19)17(26)24(2)3;/h7-8,13H,4-6,9-12,14H2,1-3H3,(H,21,25)(H2,20,22,23);1H.